The molecule has 3 rings (SSSR count). The Hall–Kier alpha value is -2.49. The second-order valence-corrected chi connectivity index (χ2v) is 4.61. The van der Waals surface area contributed by atoms with E-state index in [1.807, 2.05) is 44.2 Å². The van der Waals surface area contributed by atoms with Crippen LogP contribution in [-0.2, 0) is 0 Å². The fraction of sp³-hybridized carbons (Fsp3) is 0.133. The third kappa shape index (κ3) is 2.12. The number of pyridine rings is 1. The Labute approximate surface area is 110 Å². The zero-order valence-corrected chi connectivity index (χ0v) is 10.8. The van der Waals surface area contributed by atoms with Crippen LogP contribution in [0, 0.1) is 13.8 Å². The number of fused-ring (bicyclic) bond motifs is 1. The average molecular weight is 251 g/mol. The van der Waals surface area contributed by atoms with Crippen LogP contribution in [0.5, 0.6) is 0 Å². The molecule has 0 spiro atoms. The quantitative estimate of drug-likeness (QED) is 0.723. The van der Waals surface area contributed by atoms with Gasteiger partial charge >= 0.3 is 5.69 Å². The van der Waals surface area contributed by atoms with Crippen molar-refractivity contribution in [3.63, 3.8) is 0 Å². The molecule has 0 saturated carbocycles. The van der Waals surface area contributed by atoms with Gasteiger partial charge in [-0.05, 0) is 43.2 Å². The lowest BCUT2D eigenvalue weighted by Gasteiger charge is -2.06. The van der Waals surface area contributed by atoms with Crippen LogP contribution in [0.15, 0.2) is 41.3 Å². The van der Waals surface area contributed by atoms with E-state index in [2.05, 4.69) is 15.0 Å². The topological polar surface area (TPSA) is 58.6 Å². The Bertz CT molecular complexity index is 821. The standard InChI is InChI=1S/C15H13N3O/c1-9-8-16-15(19)18-14(9)12-5-6-13-11(7-12)4-3-10(2)17-13/h3-8H,1-2H3,(H,16,18,19). The van der Waals surface area contributed by atoms with Gasteiger partial charge in [-0.15, -0.1) is 0 Å². The van der Waals surface area contributed by atoms with Crippen molar-refractivity contribution in [1.29, 1.82) is 0 Å². The summed E-state index contributed by atoms with van der Waals surface area (Å²) in [5.41, 5.74) is 4.34. The molecule has 0 saturated heterocycles. The van der Waals surface area contributed by atoms with Crippen LogP contribution in [0.3, 0.4) is 0 Å². The van der Waals surface area contributed by atoms with Crippen molar-refractivity contribution < 1.29 is 0 Å². The fourth-order valence-corrected chi connectivity index (χ4v) is 2.14. The molecule has 4 nitrogen and oxygen atoms in total. The number of nitrogens with zero attached hydrogens (tertiary/aromatic N) is 2. The maximum atomic E-state index is 11.3. The molecule has 0 aliphatic carbocycles. The van der Waals surface area contributed by atoms with Gasteiger partial charge in [0.15, 0.2) is 0 Å². The smallest absolute Gasteiger partial charge is 0.305 e. The summed E-state index contributed by atoms with van der Waals surface area (Å²) in [6.07, 6.45) is 1.59. The largest absolute Gasteiger partial charge is 0.345 e. The molecule has 0 fully saturated rings. The lowest BCUT2D eigenvalue weighted by atomic mass is 10.1. The number of aromatic amines is 1. The van der Waals surface area contributed by atoms with Crippen LogP contribution >= 0.6 is 0 Å². The van der Waals surface area contributed by atoms with Gasteiger partial charge in [0.2, 0.25) is 0 Å². The molecule has 1 N–H and O–H groups in total. The molecule has 0 radical (unpaired) electrons. The van der Waals surface area contributed by atoms with E-state index in [1.54, 1.807) is 6.20 Å². The lowest BCUT2D eigenvalue weighted by Crippen LogP contribution is -2.11. The number of aromatic nitrogens is 3. The number of nitrogens with one attached hydrogen (secondary N) is 1. The molecule has 0 unspecified atom stereocenters. The first-order valence-corrected chi connectivity index (χ1v) is 6.07. The van der Waals surface area contributed by atoms with Crippen molar-refractivity contribution in [2.45, 2.75) is 13.8 Å². The second-order valence-electron chi connectivity index (χ2n) is 4.61. The number of aryl methyl sites for hydroxylation is 2. The molecule has 3 aromatic rings. The molecule has 0 aliphatic heterocycles. The molecular weight excluding hydrogens is 238 g/mol. The minimum atomic E-state index is -0.331. The molecule has 0 aliphatic rings. The van der Waals surface area contributed by atoms with E-state index < -0.39 is 0 Å². The highest BCUT2D eigenvalue weighted by atomic mass is 16.1. The third-order valence-corrected chi connectivity index (χ3v) is 3.12. The molecule has 4 heteroatoms. The van der Waals surface area contributed by atoms with Gasteiger partial charge in [0, 0.05) is 17.3 Å². The molecular formula is C15H13N3O. The van der Waals surface area contributed by atoms with Crippen LogP contribution in [0.2, 0.25) is 0 Å². The van der Waals surface area contributed by atoms with Crippen LogP contribution in [0.4, 0.5) is 0 Å². The average Bonchev–Trinajstić information content (AvgIpc) is 2.41. The van der Waals surface area contributed by atoms with Crippen LogP contribution in [-0.4, -0.2) is 15.0 Å². The van der Waals surface area contributed by atoms with Crippen LogP contribution in [0.1, 0.15) is 11.3 Å². The predicted octanol–water partition coefficient (Wildman–Crippen LogP) is 2.60. The highest BCUT2D eigenvalue weighted by molar-refractivity contribution is 5.84. The van der Waals surface area contributed by atoms with Gasteiger partial charge in [-0.2, -0.15) is 0 Å². The van der Waals surface area contributed by atoms with E-state index in [4.69, 9.17) is 0 Å². The summed E-state index contributed by atoms with van der Waals surface area (Å²) in [6, 6.07) is 9.98. The van der Waals surface area contributed by atoms with Gasteiger partial charge in [0.25, 0.3) is 0 Å². The number of hydrogen-bond donors (Lipinski definition) is 1. The second kappa shape index (κ2) is 4.31. The first kappa shape index (κ1) is 11.6. The molecule has 0 amide bonds. The minimum Gasteiger partial charge on any atom is -0.305 e. The van der Waals surface area contributed by atoms with Gasteiger partial charge in [0.05, 0.1) is 11.2 Å². The molecule has 0 bridgehead atoms. The van der Waals surface area contributed by atoms with Crippen LogP contribution in [0.25, 0.3) is 22.2 Å². The molecule has 19 heavy (non-hydrogen) atoms. The zero-order valence-electron chi connectivity index (χ0n) is 10.8. The molecule has 2 aromatic heterocycles. The van der Waals surface area contributed by atoms with E-state index in [-0.39, 0.29) is 5.69 Å². The highest BCUT2D eigenvalue weighted by Gasteiger charge is 2.05. The van der Waals surface area contributed by atoms with Gasteiger partial charge in [-0.3, -0.25) is 4.98 Å². The Morgan fingerprint density at radius 3 is 2.79 bits per heavy atom. The summed E-state index contributed by atoms with van der Waals surface area (Å²) >= 11 is 0. The SMILES string of the molecule is Cc1ccc2cc(-c3[nH]c(=O)ncc3C)ccc2n1. The molecule has 0 atom stereocenters. The van der Waals surface area contributed by atoms with Crippen molar-refractivity contribution in [2.24, 2.45) is 0 Å². The summed E-state index contributed by atoms with van der Waals surface area (Å²) < 4.78 is 0. The maximum Gasteiger partial charge on any atom is 0.345 e. The number of hydrogen-bond acceptors (Lipinski definition) is 3. The Morgan fingerprint density at radius 2 is 1.95 bits per heavy atom. The highest BCUT2D eigenvalue weighted by Crippen LogP contribution is 2.23. The Morgan fingerprint density at radius 1 is 1.11 bits per heavy atom. The van der Waals surface area contributed by atoms with E-state index in [9.17, 15) is 4.79 Å². The van der Waals surface area contributed by atoms with Crippen molar-refractivity contribution in [2.75, 3.05) is 0 Å². The van der Waals surface area contributed by atoms with E-state index in [0.717, 1.165) is 33.4 Å². The third-order valence-electron chi connectivity index (χ3n) is 3.12. The Balaban J connectivity index is 2.23. The lowest BCUT2D eigenvalue weighted by molar-refractivity contribution is 1.06. The van der Waals surface area contributed by atoms with E-state index >= 15 is 0 Å². The summed E-state index contributed by atoms with van der Waals surface area (Å²) in [4.78, 5) is 22.3. The monoisotopic (exact) mass is 251 g/mol. The van der Waals surface area contributed by atoms with Gasteiger partial charge < -0.3 is 4.98 Å². The van der Waals surface area contributed by atoms with Crippen molar-refractivity contribution >= 4 is 10.9 Å². The van der Waals surface area contributed by atoms with Crippen LogP contribution < -0.4 is 5.69 Å². The first-order valence-electron chi connectivity index (χ1n) is 6.07. The predicted molar refractivity (Wildman–Crippen MR) is 75.1 cm³/mol. The zero-order chi connectivity index (χ0) is 13.4. The molecule has 1 aromatic carbocycles. The number of rotatable bonds is 1. The number of benzene rings is 1. The van der Waals surface area contributed by atoms with Gasteiger partial charge in [-0.25, -0.2) is 9.78 Å². The summed E-state index contributed by atoms with van der Waals surface area (Å²) in [6.45, 7) is 3.90. The fourth-order valence-electron chi connectivity index (χ4n) is 2.14. The van der Waals surface area contributed by atoms with Crippen molar-refractivity contribution in [1.82, 2.24) is 15.0 Å². The van der Waals surface area contributed by atoms with Crippen molar-refractivity contribution in [3.05, 3.63) is 58.3 Å². The van der Waals surface area contributed by atoms with Gasteiger partial charge in [0.1, 0.15) is 0 Å². The Kier molecular flexibility index (Phi) is 2.63. The summed E-state index contributed by atoms with van der Waals surface area (Å²) in [5.74, 6) is 0. The van der Waals surface area contributed by atoms with Crippen molar-refractivity contribution in [3.8, 4) is 11.3 Å². The summed E-state index contributed by atoms with van der Waals surface area (Å²) in [5, 5.41) is 1.06. The number of H-pyrrole nitrogens is 1. The normalized spacial score (nSPS) is 10.8. The van der Waals surface area contributed by atoms with Gasteiger partial charge in [-0.1, -0.05) is 12.1 Å². The molecule has 2 heterocycles. The first-order chi connectivity index (χ1) is 9.13. The van der Waals surface area contributed by atoms with E-state index in [0.29, 0.717) is 0 Å². The maximum absolute atomic E-state index is 11.3. The van der Waals surface area contributed by atoms with E-state index in [1.165, 1.54) is 0 Å². The molecule has 94 valence electrons. The summed E-state index contributed by atoms with van der Waals surface area (Å²) in [7, 11) is 0. The minimum absolute atomic E-state index is 0.331.